The van der Waals surface area contributed by atoms with E-state index in [2.05, 4.69) is 10.3 Å². The summed E-state index contributed by atoms with van der Waals surface area (Å²) in [5.74, 6) is -1.12. The van der Waals surface area contributed by atoms with Gasteiger partial charge in [0.15, 0.2) is 0 Å². The Labute approximate surface area is 119 Å². The quantitative estimate of drug-likeness (QED) is 0.810. The van der Waals surface area contributed by atoms with Gasteiger partial charge in [-0.1, -0.05) is 23.2 Å². The van der Waals surface area contributed by atoms with E-state index in [4.69, 9.17) is 28.9 Å². The Hall–Kier alpha value is -1.72. The molecule has 19 heavy (non-hydrogen) atoms. The lowest BCUT2D eigenvalue weighted by atomic mass is 10.2. The second-order valence-electron chi connectivity index (χ2n) is 4.10. The van der Waals surface area contributed by atoms with Crippen molar-refractivity contribution in [1.29, 1.82) is 0 Å². The normalized spacial score (nSPS) is 12.4. The number of aromatic amines is 1. The lowest BCUT2D eigenvalue weighted by Gasteiger charge is -2.08. The van der Waals surface area contributed by atoms with Crippen LogP contribution in [0.4, 0.5) is 0 Å². The summed E-state index contributed by atoms with van der Waals surface area (Å²) < 4.78 is 0. The van der Waals surface area contributed by atoms with Crippen molar-refractivity contribution in [3.63, 3.8) is 0 Å². The van der Waals surface area contributed by atoms with Gasteiger partial charge in [0.05, 0.1) is 5.02 Å². The van der Waals surface area contributed by atoms with Crippen LogP contribution in [0.5, 0.6) is 0 Å². The van der Waals surface area contributed by atoms with Gasteiger partial charge in [0.1, 0.15) is 11.7 Å². The highest BCUT2D eigenvalue weighted by Crippen LogP contribution is 2.29. The predicted molar refractivity (Wildman–Crippen MR) is 74.4 cm³/mol. The summed E-state index contributed by atoms with van der Waals surface area (Å²) in [4.78, 5) is 25.8. The minimum absolute atomic E-state index is 0.173. The van der Waals surface area contributed by atoms with Crippen LogP contribution in [0.15, 0.2) is 18.2 Å². The van der Waals surface area contributed by atoms with Gasteiger partial charge in [0.2, 0.25) is 5.91 Å². The number of H-pyrrole nitrogens is 1. The van der Waals surface area contributed by atoms with Gasteiger partial charge in [-0.05, 0) is 25.1 Å². The number of fused-ring (bicyclic) bond motifs is 1. The first-order chi connectivity index (χ1) is 8.90. The molecule has 0 aliphatic carbocycles. The molecule has 1 aromatic heterocycles. The molecule has 0 radical (unpaired) electrons. The minimum atomic E-state index is -0.779. The predicted octanol–water partition coefficient (Wildman–Crippen LogP) is 2.08. The molecule has 1 heterocycles. The minimum Gasteiger partial charge on any atom is -0.368 e. The number of halogens is 2. The van der Waals surface area contributed by atoms with Crippen molar-refractivity contribution in [2.45, 2.75) is 13.0 Å². The maximum absolute atomic E-state index is 12.0. The fourth-order valence-electron chi connectivity index (χ4n) is 1.63. The van der Waals surface area contributed by atoms with Crippen LogP contribution >= 0.6 is 23.2 Å². The number of carbonyl (C=O) groups excluding carboxylic acids is 2. The number of primary amides is 1. The number of hydrogen-bond donors (Lipinski definition) is 3. The number of nitrogens with one attached hydrogen (secondary N) is 2. The van der Waals surface area contributed by atoms with Gasteiger partial charge in [-0.25, -0.2) is 0 Å². The van der Waals surface area contributed by atoms with Crippen LogP contribution in [0.1, 0.15) is 17.4 Å². The zero-order valence-electron chi connectivity index (χ0n) is 9.96. The average Bonchev–Trinajstić information content (AvgIpc) is 2.66. The molecule has 0 bridgehead atoms. The molecule has 1 atom stereocenters. The number of benzene rings is 1. The number of nitrogens with two attached hydrogens (primary N) is 1. The standard InChI is InChI=1S/C12H11Cl2N3O2/c1-5(11(15)18)16-12(19)10-9(14)7-4-6(13)2-3-8(7)17-10/h2-5,17H,1H3,(H2,15,18)(H,16,19)/t5-/m1/s1. The van der Waals surface area contributed by atoms with Crippen molar-refractivity contribution >= 4 is 45.9 Å². The summed E-state index contributed by atoms with van der Waals surface area (Å²) in [7, 11) is 0. The molecular weight excluding hydrogens is 289 g/mol. The van der Waals surface area contributed by atoms with Crippen molar-refractivity contribution in [1.82, 2.24) is 10.3 Å². The van der Waals surface area contributed by atoms with E-state index >= 15 is 0 Å². The molecule has 100 valence electrons. The fourth-order valence-corrected chi connectivity index (χ4v) is 2.09. The molecule has 7 heteroatoms. The monoisotopic (exact) mass is 299 g/mol. The third-order valence-corrected chi connectivity index (χ3v) is 3.33. The smallest absolute Gasteiger partial charge is 0.269 e. The summed E-state index contributed by atoms with van der Waals surface area (Å²) in [6.07, 6.45) is 0. The highest BCUT2D eigenvalue weighted by atomic mass is 35.5. The lowest BCUT2D eigenvalue weighted by Crippen LogP contribution is -2.42. The van der Waals surface area contributed by atoms with E-state index in [0.29, 0.717) is 15.9 Å². The van der Waals surface area contributed by atoms with Gasteiger partial charge in [0, 0.05) is 15.9 Å². The van der Waals surface area contributed by atoms with Crippen LogP contribution in [0, 0.1) is 0 Å². The molecule has 4 N–H and O–H groups in total. The maximum Gasteiger partial charge on any atom is 0.269 e. The molecule has 0 unspecified atom stereocenters. The molecule has 0 spiro atoms. The van der Waals surface area contributed by atoms with E-state index in [-0.39, 0.29) is 10.7 Å². The van der Waals surface area contributed by atoms with Crippen LogP contribution in [0.25, 0.3) is 10.9 Å². The Kier molecular flexibility index (Phi) is 3.68. The Balaban J connectivity index is 2.37. The van der Waals surface area contributed by atoms with Gasteiger partial charge in [-0.15, -0.1) is 0 Å². The van der Waals surface area contributed by atoms with Crippen LogP contribution in [0.2, 0.25) is 10.0 Å². The fraction of sp³-hybridized carbons (Fsp3) is 0.167. The van der Waals surface area contributed by atoms with E-state index in [0.717, 1.165) is 0 Å². The van der Waals surface area contributed by atoms with E-state index < -0.39 is 17.9 Å². The number of carbonyl (C=O) groups is 2. The van der Waals surface area contributed by atoms with Crippen LogP contribution in [0.3, 0.4) is 0 Å². The summed E-state index contributed by atoms with van der Waals surface area (Å²) in [6.45, 7) is 1.49. The van der Waals surface area contributed by atoms with E-state index in [1.807, 2.05) is 0 Å². The van der Waals surface area contributed by atoms with Crippen molar-refractivity contribution < 1.29 is 9.59 Å². The van der Waals surface area contributed by atoms with Gasteiger partial charge in [-0.3, -0.25) is 9.59 Å². The van der Waals surface area contributed by atoms with Gasteiger partial charge >= 0.3 is 0 Å². The molecule has 0 saturated carbocycles. The molecule has 0 saturated heterocycles. The van der Waals surface area contributed by atoms with Crippen molar-refractivity contribution in [3.8, 4) is 0 Å². The topological polar surface area (TPSA) is 88.0 Å². The Bertz CT molecular complexity index is 666. The average molecular weight is 300 g/mol. The Morgan fingerprint density at radius 2 is 2.05 bits per heavy atom. The van der Waals surface area contributed by atoms with Crippen molar-refractivity contribution in [2.24, 2.45) is 5.73 Å². The summed E-state index contributed by atoms with van der Waals surface area (Å²) >= 11 is 12.0. The third-order valence-electron chi connectivity index (χ3n) is 2.70. The Morgan fingerprint density at radius 3 is 2.68 bits per heavy atom. The van der Waals surface area contributed by atoms with Crippen molar-refractivity contribution in [3.05, 3.63) is 33.9 Å². The van der Waals surface area contributed by atoms with Gasteiger partial charge in [-0.2, -0.15) is 0 Å². The molecule has 0 aliphatic heterocycles. The van der Waals surface area contributed by atoms with Gasteiger partial charge < -0.3 is 16.0 Å². The van der Waals surface area contributed by atoms with Crippen LogP contribution in [-0.4, -0.2) is 22.8 Å². The second kappa shape index (κ2) is 5.11. The molecule has 0 fully saturated rings. The number of hydrogen-bond acceptors (Lipinski definition) is 2. The lowest BCUT2D eigenvalue weighted by molar-refractivity contribution is -0.119. The first-order valence-corrected chi connectivity index (χ1v) is 6.22. The molecule has 2 rings (SSSR count). The molecule has 2 aromatic rings. The largest absolute Gasteiger partial charge is 0.368 e. The van der Waals surface area contributed by atoms with E-state index in [1.54, 1.807) is 18.2 Å². The highest BCUT2D eigenvalue weighted by Gasteiger charge is 2.19. The first-order valence-electron chi connectivity index (χ1n) is 5.47. The molecule has 5 nitrogen and oxygen atoms in total. The molecule has 0 aliphatic rings. The summed E-state index contributed by atoms with van der Waals surface area (Å²) in [6, 6.07) is 4.28. The molecule has 1 aromatic carbocycles. The SMILES string of the molecule is C[C@@H](NC(=O)c1[nH]c2ccc(Cl)cc2c1Cl)C(N)=O. The number of amides is 2. The van der Waals surface area contributed by atoms with Crippen LogP contribution in [-0.2, 0) is 4.79 Å². The van der Waals surface area contributed by atoms with Crippen molar-refractivity contribution in [2.75, 3.05) is 0 Å². The zero-order valence-corrected chi connectivity index (χ0v) is 11.5. The molecular formula is C12H11Cl2N3O2. The second-order valence-corrected chi connectivity index (χ2v) is 4.92. The molecule has 2 amide bonds. The third kappa shape index (κ3) is 2.67. The van der Waals surface area contributed by atoms with Gasteiger partial charge in [0.25, 0.3) is 5.91 Å². The van der Waals surface area contributed by atoms with Crippen LogP contribution < -0.4 is 11.1 Å². The number of rotatable bonds is 3. The summed E-state index contributed by atoms with van der Waals surface area (Å²) in [5.41, 5.74) is 5.94. The summed E-state index contributed by atoms with van der Waals surface area (Å²) in [5, 5.41) is 3.87. The van der Waals surface area contributed by atoms with E-state index in [1.165, 1.54) is 6.92 Å². The first kappa shape index (κ1) is 13.7. The maximum atomic E-state index is 12.0. The van der Waals surface area contributed by atoms with E-state index in [9.17, 15) is 9.59 Å². The Morgan fingerprint density at radius 1 is 1.37 bits per heavy atom. The zero-order chi connectivity index (χ0) is 14.2. The number of aromatic nitrogens is 1. The highest BCUT2D eigenvalue weighted by molar-refractivity contribution is 6.39.